The number of nitrogens with one attached hydrogen (secondary N) is 3. The minimum Gasteiger partial charge on any atom is -0.453 e. The van der Waals surface area contributed by atoms with Crippen molar-refractivity contribution < 1.29 is 23.9 Å². The minimum atomic E-state index is -0.956. The number of carbonyl (C=O) groups is 4. The van der Waals surface area contributed by atoms with Gasteiger partial charge in [-0.3, -0.25) is 19.7 Å². The maximum atomic E-state index is 12.2. The van der Waals surface area contributed by atoms with Gasteiger partial charge in [-0.25, -0.2) is 4.79 Å². The van der Waals surface area contributed by atoms with E-state index in [1.54, 1.807) is 0 Å². The van der Waals surface area contributed by atoms with Crippen LogP contribution in [0.5, 0.6) is 0 Å². The molecule has 3 N–H and O–H groups in total. The average molecular weight is 359 g/mol. The van der Waals surface area contributed by atoms with Crippen LogP contribution in [0.3, 0.4) is 0 Å². The fraction of sp³-hybridized carbons (Fsp3) is 0.444. The number of amides is 4. The summed E-state index contributed by atoms with van der Waals surface area (Å²) in [4.78, 5) is 46.5. The Balaban J connectivity index is 1.45. The number of rotatable bonds is 6. The van der Waals surface area contributed by atoms with Crippen LogP contribution in [0.4, 0.5) is 10.5 Å². The Morgan fingerprint density at radius 3 is 2.77 bits per heavy atom. The number of aryl methyl sites for hydroxylation is 2. The number of urea groups is 1. The maximum absolute atomic E-state index is 12.2. The molecule has 0 saturated carbocycles. The molecule has 1 aliphatic carbocycles. The molecule has 4 amide bonds. The fourth-order valence-corrected chi connectivity index (χ4v) is 3.13. The van der Waals surface area contributed by atoms with Gasteiger partial charge in [-0.1, -0.05) is 6.07 Å². The molecule has 0 bridgehead atoms. The van der Waals surface area contributed by atoms with E-state index in [2.05, 4.69) is 16.0 Å². The fourth-order valence-electron chi connectivity index (χ4n) is 3.13. The smallest absolute Gasteiger partial charge is 0.322 e. The topological polar surface area (TPSA) is 114 Å². The molecule has 3 rings (SSSR count). The molecule has 2 atom stereocenters. The quantitative estimate of drug-likeness (QED) is 0.519. The van der Waals surface area contributed by atoms with Crippen LogP contribution >= 0.6 is 0 Å². The van der Waals surface area contributed by atoms with Gasteiger partial charge in [0, 0.05) is 12.1 Å². The van der Waals surface area contributed by atoms with E-state index in [0.29, 0.717) is 5.69 Å². The number of benzene rings is 1. The van der Waals surface area contributed by atoms with Crippen molar-refractivity contribution in [1.82, 2.24) is 10.6 Å². The average Bonchev–Trinajstić information content (AvgIpc) is 3.18. The molecular weight excluding hydrogens is 338 g/mol. The normalized spacial score (nSPS) is 19.3. The van der Waals surface area contributed by atoms with Crippen LogP contribution in [0.2, 0.25) is 0 Å². The number of imide groups is 1. The molecule has 2 aliphatic rings. The third-order valence-electron chi connectivity index (χ3n) is 4.54. The molecule has 1 aliphatic heterocycles. The Morgan fingerprint density at radius 1 is 1.27 bits per heavy atom. The molecule has 26 heavy (non-hydrogen) atoms. The van der Waals surface area contributed by atoms with E-state index in [4.69, 9.17) is 4.74 Å². The van der Waals surface area contributed by atoms with Crippen molar-refractivity contribution >= 4 is 29.5 Å². The van der Waals surface area contributed by atoms with Crippen molar-refractivity contribution in [3.05, 3.63) is 29.3 Å². The molecule has 0 aromatic heterocycles. The van der Waals surface area contributed by atoms with Gasteiger partial charge < -0.3 is 15.4 Å². The zero-order valence-corrected chi connectivity index (χ0v) is 14.5. The molecule has 0 radical (unpaired) electrons. The van der Waals surface area contributed by atoms with Gasteiger partial charge in [0.15, 0.2) is 6.10 Å². The summed E-state index contributed by atoms with van der Waals surface area (Å²) in [5.74, 6) is -1.48. The second kappa shape index (κ2) is 7.55. The summed E-state index contributed by atoms with van der Waals surface area (Å²) in [6.07, 6.45) is 2.29. The van der Waals surface area contributed by atoms with E-state index in [1.807, 2.05) is 18.2 Å². The molecule has 0 unspecified atom stereocenters. The standard InChI is InChI=1S/C18H21N3O5/c1-10(26-15(22)8-7-14-17(24)21-18(25)20-14)16(23)19-13-6-5-11-3-2-4-12(11)9-13/h5-6,9-10,14H,2-4,7-8H2,1H3,(H,19,23)(H2,20,21,24,25)/t10-,14+/m0/s1. The molecule has 1 fully saturated rings. The Morgan fingerprint density at radius 2 is 2.04 bits per heavy atom. The van der Waals surface area contributed by atoms with Crippen LogP contribution in [0.15, 0.2) is 18.2 Å². The van der Waals surface area contributed by atoms with Gasteiger partial charge in [-0.05, 0) is 55.9 Å². The van der Waals surface area contributed by atoms with Crippen molar-refractivity contribution in [2.75, 3.05) is 5.32 Å². The predicted octanol–water partition coefficient (Wildman–Crippen LogP) is 1.03. The summed E-state index contributed by atoms with van der Waals surface area (Å²) in [6, 6.07) is 4.49. The first kappa shape index (κ1) is 17.9. The summed E-state index contributed by atoms with van der Waals surface area (Å²) in [6.45, 7) is 1.49. The Labute approximate surface area is 150 Å². The summed E-state index contributed by atoms with van der Waals surface area (Å²) in [5.41, 5.74) is 3.23. The lowest BCUT2D eigenvalue weighted by atomic mass is 10.1. The molecular formula is C18H21N3O5. The Bertz CT molecular complexity index is 761. The van der Waals surface area contributed by atoms with E-state index in [1.165, 1.54) is 18.1 Å². The van der Waals surface area contributed by atoms with Crippen LogP contribution in [0.25, 0.3) is 0 Å². The highest BCUT2D eigenvalue weighted by atomic mass is 16.5. The molecule has 1 saturated heterocycles. The Kier molecular flexibility index (Phi) is 5.20. The van der Waals surface area contributed by atoms with Crippen molar-refractivity contribution in [2.45, 2.75) is 51.2 Å². The van der Waals surface area contributed by atoms with Crippen molar-refractivity contribution in [1.29, 1.82) is 0 Å². The molecule has 0 spiro atoms. The lowest BCUT2D eigenvalue weighted by molar-refractivity contribution is -0.153. The van der Waals surface area contributed by atoms with E-state index < -0.39 is 36.0 Å². The number of fused-ring (bicyclic) bond motifs is 1. The summed E-state index contributed by atoms with van der Waals surface area (Å²) in [7, 11) is 0. The summed E-state index contributed by atoms with van der Waals surface area (Å²) < 4.78 is 5.10. The zero-order valence-electron chi connectivity index (χ0n) is 14.5. The minimum absolute atomic E-state index is 0.0746. The predicted molar refractivity (Wildman–Crippen MR) is 92.3 cm³/mol. The van der Waals surface area contributed by atoms with Gasteiger partial charge in [0.05, 0.1) is 0 Å². The molecule has 1 aromatic carbocycles. The van der Waals surface area contributed by atoms with Crippen LogP contribution in [-0.4, -0.2) is 36.0 Å². The molecule has 138 valence electrons. The summed E-state index contributed by atoms with van der Waals surface area (Å²) >= 11 is 0. The number of ether oxygens (including phenoxy) is 1. The first-order chi connectivity index (χ1) is 12.4. The van der Waals surface area contributed by atoms with Crippen molar-refractivity contribution in [3.63, 3.8) is 0 Å². The highest BCUT2D eigenvalue weighted by Crippen LogP contribution is 2.25. The van der Waals surface area contributed by atoms with Gasteiger partial charge in [0.25, 0.3) is 11.8 Å². The van der Waals surface area contributed by atoms with Gasteiger partial charge in [-0.2, -0.15) is 0 Å². The van der Waals surface area contributed by atoms with Crippen molar-refractivity contribution in [2.24, 2.45) is 0 Å². The Hall–Kier alpha value is -2.90. The monoisotopic (exact) mass is 359 g/mol. The number of anilines is 1. The highest BCUT2D eigenvalue weighted by molar-refractivity contribution is 6.04. The van der Waals surface area contributed by atoms with Gasteiger partial charge in [0.2, 0.25) is 0 Å². The number of esters is 1. The third kappa shape index (κ3) is 4.19. The first-order valence-corrected chi connectivity index (χ1v) is 8.66. The third-order valence-corrected chi connectivity index (χ3v) is 4.54. The van der Waals surface area contributed by atoms with Gasteiger partial charge in [-0.15, -0.1) is 0 Å². The molecule has 1 heterocycles. The largest absolute Gasteiger partial charge is 0.453 e. The van der Waals surface area contributed by atoms with E-state index in [-0.39, 0.29) is 12.8 Å². The second-order valence-electron chi connectivity index (χ2n) is 6.51. The lowest BCUT2D eigenvalue weighted by Crippen LogP contribution is -2.32. The van der Waals surface area contributed by atoms with Gasteiger partial charge >= 0.3 is 12.0 Å². The van der Waals surface area contributed by atoms with Crippen molar-refractivity contribution in [3.8, 4) is 0 Å². The van der Waals surface area contributed by atoms with Crippen LogP contribution in [0, 0.1) is 0 Å². The number of hydrogen-bond donors (Lipinski definition) is 3. The van der Waals surface area contributed by atoms with E-state index >= 15 is 0 Å². The SMILES string of the molecule is C[C@H](OC(=O)CC[C@H]1NC(=O)NC1=O)C(=O)Nc1ccc2c(c1)CCC2. The first-order valence-electron chi connectivity index (χ1n) is 8.66. The number of carbonyl (C=O) groups excluding carboxylic acids is 4. The highest BCUT2D eigenvalue weighted by Gasteiger charge is 2.30. The number of hydrogen-bond acceptors (Lipinski definition) is 5. The van der Waals surface area contributed by atoms with Crippen LogP contribution in [0.1, 0.15) is 37.3 Å². The molecule has 1 aromatic rings. The van der Waals surface area contributed by atoms with E-state index in [9.17, 15) is 19.2 Å². The summed E-state index contributed by atoms with van der Waals surface area (Å²) in [5, 5.41) is 7.24. The maximum Gasteiger partial charge on any atom is 0.322 e. The molecule has 8 heteroatoms. The van der Waals surface area contributed by atoms with Crippen LogP contribution < -0.4 is 16.0 Å². The molecule has 8 nitrogen and oxygen atoms in total. The second-order valence-corrected chi connectivity index (χ2v) is 6.51. The van der Waals surface area contributed by atoms with Gasteiger partial charge in [0.1, 0.15) is 6.04 Å². The zero-order chi connectivity index (χ0) is 18.7. The lowest BCUT2D eigenvalue weighted by Gasteiger charge is -2.14. The van der Waals surface area contributed by atoms with E-state index in [0.717, 1.165) is 19.3 Å². The van der Waals surface area contributed by atoms with Crippen LogP contribution in [-0.2, 0) is 32.0 Å².